The predicted molar refractivity (Wildman–Crippen MR) is 121 cm³/mol. The summed E-state index contributed by atoms with van der Waals surface area (Å²) in [5.74, 6) is 0.548. The number of aromatic amines is 1. The number of pyridine rings is 1. The summed E-state index contributed by atoms with van der Waals surface area (Å²) >= 11 is 6.27. The van der Waals surface area contributed by atoms with Crippen molar-refractivity contribution >= 4 is 34.8 Å². The van der Waals surface area contributed by atoms with Gasteiger partial charge in [0, 0.05) is 11.6 Å². The van der Waals surface area contributed by atoms with Crippen molar-refractivity contribution < 1.29 is 31.1 Å². The van der Waals surface area contributed by atoms with Crippen molar-refractivity contribution in [2.75, 3.05) is 16.4 Å². The van der Waals surface area contributed by atoms with Crippen molar-refractivity contribution in [3.8, 4) is 11.3 Å². The molecular formula is C23H20Cl2FN5O2. The number of rotatable bonds is 6. The fraction of sp³-hybridized carbons (Fsp3) is 0.0870. The van der Waals surface area contributed by atoms with Gasteiger partial charge in [0.25, 0.3) is 5.91 Å². The number of nitrogens with one attached hydrogen (secondary N) is 3. The fourth-order valence-corrected chi connectivity index (χ4v) is 3.41. The maximum atomic E-state index is 13.0. The van der Waals surface area contributed by atoms with E-state index in [1.54, 1.807) is 55.5 Å². The molecule has 0 fully saturated rings. The molecule has 0 atom stereocenters. The van der Waals surface area contributed by atoms with Gasteiger partial charge < -0.3 is 33.3 Å². The second-order valence-corrected chi connectivity index (χ2v) is 7.48. The van der Waals surface area contributed by atoms with Crippen LogP contribution in [0.5, 0.6) is 0 Å². The molecule has 1 amide bonds. The van der Waals surface area contributed by atoms with Gasteiger partial charge in [-0.3, -0.25) is 4.79 Å². The van der Waals surface area contributed by atoms with Crippen LogP contribution in [0.1, 0.15) is 21.7 Å². The minimum atomic E-state index is -0.425. The molecule has 4 rings (SSSR count). The molecule has 5 N–H and O–H groups in total. The Labute approximate surface area is 200 Å². The van der Waals surface area contributed by atoms with Crippen LogP contribution in [0.3, 0.4) is 0 Å². The number of amides is 1. The van der Waals surface area contributed by atoms with Gasteiger partial charge in [-0.1, -0.05) is 47.1 Å². The summed E-state index contributed by atoms with van der Waals surface area (Å²) in [6, 6.07) is 16.7. The van der Waals surface area contributed by atoms with E-state index in [1.165, 1.54) is 12.1 Å². The van der Waals surface area contributed by atoms with Crippen LogP contribution >= 0.6 is 11.6 Å². The van der Waals surface area contributed by atoms with Gasteiger partial charge >= 0.3 is 0 Å². The summed E-state index contributed by atoms with van der Waals surface area (Å²) in [7, 11) is 0. The van der Waals surface area contributed by atoms with Crippen molar-refractivity contribution in [1.82, 2.24) is 5.16 Å². The lowest BCUT2D eigenvalue weighted by molar-refractivity contribution is -0.342. The molecule has 0 radical (unpaired) electrons. The van der Waals surface area contributed by atoms with Gasteiger partial charge in [0.05, 0.1) is 11.6 Å². The maximum Gasteiger partial charge on any atom is 0.261 e. The molecule has 33 heavy (non-hydrogen) atoms. The predicted octanol–water partition coefficient (Wildman–Crippen LogP) is 1.71. The highest BCUT2D eigenvalue weighted by Crippen LogP contribution is 2.31. The second kappa shape index (κ2) is 10.3. The highest BCUT2D eigenvalue weighted by Gasteiger charge is 2.24. The average Bonchev–Trinajstić information content (AvgIpc) is 3.16. The van der Waals surface area contributed by atoms with Crippen LogP contribution in [-0.2, 0) is 6.54 Å². The normalized spacial score (nSPS) is 10.4. The van der Waals surface area contributed by atoms with Crippen LogP contribution < -0.4 is 33.8 Å². The van der Waals surface area contributed by atoms with Gasteiger partial charge in [-0.2, -0.15) is 0 Å². The number of halogens is 3. The number of nitrogens with zero attached hydrogens (tertiary/aromatic N) is 1. The summed E-state index contributed by atoms with van der Waals surface area (Å²) in [6.45, 7) is 2.13. The van der Waals surface area contributed by atoms with E-state index in [0.29, 0.717) is 40.1 Å². The van der Waals surface area contributed by atoms with E-state index in [1.807, 2.05) is 0 Å². The zero-order valence-corrected chi connectivity index (χ0v) is 19.0. The van der Waals surface area contributed by atoms with Crippen LogP contribution in [0.25, 0.3) is 11.3 Å². The first-order valence-electron chi connectivity index (χ1n) is 9.75. The first-order chi connectivity index (χ1) is 15.4. The third-order valence-electron chi connectivity index (χ3n) is 4.84. The largest absolute Gasteiger partial charge is 1.00 e. The number of hydrogen-bond donors (Lipinski definition) is 3. The van der Waals surface area contributed by atoms with Crippen molar-refractivity contribution in [2.24, 2.45) is 0 Å². The van der Waals surface area contributed by atoms with E-state index in [0.717, 1.165) is 5.56 Å². The minimum absolute atomic E-state index is 0. The zero-order chi connectivity index (χ0) is 22.7. The van der Waals surface area contributed by atoms with Crippen molar-refractivity contribution in [3.05, 3.63) is 88.4 Å². The molecule has 2 aromatic heterocycles. The number of nitrogen functional groups attached to an aromatic ring is 1. The van der Waals surface area contributed by atoms with E-state index in [9.17, 15) is 9.18 Å². The lowest BCUT2D eigenvalue weighted by Crippen LogP contribution is -3.00. The lowest BCUT2D eigenvalue weighted by atomic mass is 10.1. The first-order valence-corrected chi connectivity index (χ1v) is 10.1. The number of carbonyl (C=O) groups excluding carboxylic acids is 1. The molecule has 0 saturated carbocycles. The lowest BCUT2D eigenvalue weighted by Gasteiger charge is -2.08. The Morgan fingerprint density at radius 2 is 1.88 bits per heavy atom. The van der Waals surface area contributed by atoms with E-state index in [4.69, 9.17) is 21.9 Å². The van der Waals surface area contributed by atoms with Crippen LogP contribution in [0, 0.1) is 12.7 Å². The summed E-state index contributed by atoms with van der Waals surface area (Å²) in [5, 5.41) is 10.4. The topological polar surface area (TPSA) is 107 Å². The standard InChI is InChI=1S/C23H19ClFN5O2.ClH/c1-13-20(21(30-32-13)16-4-2-3-5-17(16)24)23(31)28-18-10-11-19(29-22(18)26)27-12-14-6-8-15(25)9-7-14;/h2-11H,12H2,1H3,(H,28,31)(H3,26,27,29);1H. The molecule has 0 saturated heterocycles. The molecule has 0 bridgehead atoms. The summed E-state index contributed by atoms with van der Waals surface area (Å²) < 4.78 is 18.3. The number of aromatic nitrogens is 2. The number of anilines is 3. The van der Waals surface area contributed by atoms with E-state index in [-0.39, 0.29) is 29.6 Å². The van der Waals surface area contributed by atoms with Gasteiger partial charge in [0.2, 0.25) is 11.6 Å². The smallest absolute Gasteiger partial charge is 0.261 e. The number of H-pyrrole nitrogens is 1. The summed E-state index contributed by atoms with van der Waals surface area (Å²) in [6.07, 6.45) is 0. The third-order valence-corrected chi connectivity index (χ3v) is 5.17. The minimum Gasteiger partial charge on any atom is -1.00 e. The fourth-order valence-electron chi connectivity index (χ4n) is 3.18. The number of nitrogens with two attached hydrogens (primary N) is 1. The molecule has 0 aliphatic rings. The Morgan fingerprint density at radius 3 is 2.58 bits per heavy atom. The Hall–Kier alpha value is -3.62. The highest BCUT2D eigenvalue weighted by molar-refractivity contribution is 6.33. The monoisotopic (exact) mass is 487 g/mol. The van der Waals surface area contributed by atoms with Gasteiger partial charge in [-0.05, 0) is 36.8 Å². The third kappa shape index (κ3) is 5.42. The molecule has 2 aromatic carbocycles. The quantitative estimate of drug-likeness (QED) is 0.383. The number of hydrogen-bond acceptors (Lipinski definition) is 5. The van der Waals surface area contributed by atoms with E-state index < -0.39 is 5.91 Å². The molecule has 0 unspecified atom stereocenters. The van der Waals surface area contributed by atoms with Gasteiger partial charge in [-0.25, -0.2) is 9.37 Å². The Bertz CT molecular complexity index is 1280. The van der Waals surface area contributed by atoms with Crippen molar-refractivity contribution in [1.29, 1.82) is 0 Å². The molecule has 7 nitrogen and oxygen atoms in total. The molecule has 2 heterocycles. The number of benzene rings is 2. The zero-order valence-electron chi connectivity index (χ0n) is 17.5. The Morgan fingerprint density at radius 1 is 1.15 bits per heavy atom. The number of carbonyl (C=O) groups is 1. The second-order valence-electron chi connectivity index (χ2n) is 7.08. The average molecular weight is 488 g/mol. The number of aryl methyl sites for hydroxylation is 1. The van der Waals surface area contributed by atoms with E-state index >= 15 is 0 Å². The summed E-state index contributed by atoms with van der Waals surface area (Å²) in [5.41, 5.74) is 8.63. The van der Waals surface area contributed by atoms with Gasteiger partial charge in [-0.15, -0.1) is 0 Å². The first kappa shape index (κ1) is 24.0. The molecule has 4 aromatic rings. The Kier molecular flexibility index (Phi) is 7.52. The van der Waals surface area contributed by atoms with Crippen LogP contribution in [0.2, 0.25) is 5.02 Å². The van der Waals surface area contributed by atoms with Crippen LogP contribution in [0.15, 0.2) is 65.2 Å². The van der Waals surface area contributed by atoms with Gasteiger partial charge in [0.15, 0.2) is 0 Å². The molecule has 0 spiro atoms. The maximum absolute atomic E-state index is 13.0. The van der Waals surface area contributed by atoms with Crippen molar-refractivity contribution in [2.45, 2.75) is 13.5 Å². The van der Waals surface area contributed by atoms with E-state index in [2.05, 4.69) is 20.8 Å². The summed E-state index contributed by atoms with van der Waals surface area (Å²) in [4.78, 5) is 16.0. The van der Waals surface area contributed by atoms with Crippen molar-refractivity contribution in [3.63, 3.8) is 0 Å². The molecule has 0 aliphatic heterocycles. The van der Waals surface area contributed by atoms with Gasteiger partial charge in [0.1, 0.15) is 28.5 Å². The van der Waals surface area contributed by atoms with Crippen LogP contribution in [0.4, 0.5) is 21.7 Å². The molecule has 10 heteroatoms. The van der Waals surface area contributed by atoms with Crippen LogP contribution in [-0.4, -0.2) is 11.1 Å². The highest BCUT2D eigenvalue weighted by atomic mass is 35.5. The molecule has 0 aliphatic carbocycles. The SMILES string of the molecule is Cc1onc(-c2ccccc2Cl)c1C(=O)Nc1ccc(NCc2ccc(F)cc2)[nH+]c1N.[Cl-]. The molecule has 170 valence electrons. The molecular weight excluding hydrogens is 468 g/mol. The Balaban J connectivity index is 0.00000306.